The van der Waals surface area contributed by atoms with E-state index in [-0.39, 0.29) is 10.8 Å². The minimum absolute atomic E-state index is 0.124. The summed E-state index contributed by atoms with van der Waals surface area (Å²) in [5.74, 6) is 0. The molecule has 0 saturated heterocycles. The molecule has 1 fully saturated rings. The molecule has 2 unspecified atom stereocenters. The average molecular weight is 571 g/mol. The van der Waals surface area contributed by atoms with Crippen LogP contribution in [0.3, 0.4) is 0 Å². The lowest BCUT2D eigenvalue weighted by molar-refractivity contribution is 0.0765. The van der Waals surface area contributed by atoms with Crippen molar-refractivity contribution < 1.29 is 9.47 Å². The third-order valence-corrected chi connectivity index (χ3v) is 8.38. The summed E-state index contributed by atoms with van der Waals surface area (Å²) < 4.78 is 11.7. The van der Waals surface area contributed by atoms with Crippen molar-refractivity contribution in [1.82, 2.24) is 10.6 Å². The minimum atomic E-state index is 0.124. The Hall–Kier alpha value is -0.620. The summed E-state index contributed by atoms with van der Waals surface area (Å²) in [6.45, 7) is 13.9. The van der Waals surface area contributed by atoms with Crippen molar-refractivity contribution in [2.45, 2.75) is 163 Å². The molecule has 2 atom stereocenters. The maximum Gasteiger partial charge on any atom is 0.256 e. The Bertz CT molecular complexity index is 629. The lowest BCUT2D eigenvalue weighted by atomic mass is 9.62. The Balaban J connectivity index is 2.24. The molecule has 224 valence electrons. The first-order chi connectivity index (χ1) is 18.2. The maximum absolute atomic E-state index is 5.88. The topological polar surface area (TPSA) is 42.5 Å². The Kier molecular flexibility index (Phi) is 19.7. The van der Waals surface area contributed by atoms with E-state index < -0.39 is 0 Å². The summed E-state index contributed by atoms with van der Waals surface area (Å²) in [6.07, 6.45) is 24.1. The Morgan fingerprint density at radius 2 is 1.11 bits per heavy atom. The van der Waals surface area contributed by atoms with E-state index in [4.69, 9.17) is 33.9 Å². The summed E-state index contributed by atoms with van der Waals surface area (Å²) in [6, 6.07) is 0.323. The summed E-state index contributed by atoms with van der Waals surface area (Å²) in [5, 5.41) is 8.06. The van der Waals surface area contributed by atoms with Crippen molar-refractivity contribution in [2.75, 3.05) is 19.8 Å². The monoisotopic (exact) mass is 570 g/mol. The molecule has 0 aliphatic heterocycles. The molecule has 4 nitrogen and oxygen atoms in total. The van der Waals surface area contributed by atoms with Gasteiger partial charge in [-0.25, -0.2) is 0 Å². The third-order valence-electron chi connectivity index (χ3n) is 7.89. The molecule has 0 heterocycles. The van der Waals surface area contributed by atoms with Gasteiger partial charge in [-0.3, -0.25) is 0 Å². The van der Waals surface area contributed by atoms with Crippen LogP contribution in [0.5, 0.6) is 0 Å². The van der Waals surface area contributed by atoms with Crippen molar-refractivity contribution >= 4 is 34.8 Å². The Labute approximate surface area is 247 Å². The summed E-state index contributed by atoms with van der Waals surface area (Å²) >= 11 is 11.0. The van der Waals surface area contributed by atoms with Gasteiger partial charge >= 0.3 is 0 Å². The highest BCUT2D eigenvalue weighted by molar-refractivity contribution is 7.80. The van der Waals surface area contributed by atoms with Crippen LogP contribution in [0.1, 0.15) is 157 Å². The van der Waals surface area contributed by atoms with Crippen LogP contribution in [0.25, 0.3) is 0 Å². The van der Waals surface area contributed by atoms with Gasteiger partial charge in [-0.05, 0) is 67.4 Å². The normalized spacial score (nSPS) is 20.6. The van der Waals surface area contributed by atoms with Crippen molar-refractivity contribution in [3.05, 3.63) is 0 Å². The molecule has 6 heteroatoms. The van der Waals surface area contributed by atoms with E-state index in [9.17, 15) is 0 Å². The molecule has 0 aromatic heterocycles. The first kappa shape index (κ1) is 35.4. The average Bonchev–Trinajstić information content (AvgIpc) is 2.84. The SMILES string of the molecule is CCCCCCCCCCOC(=S)NCC1(C)CC(NC(=S)OCCCCCCCCCC)CC(C)(C)C1. The quantitative estimate of drug-likeness (QED) is 0.106. The van der Waals surface area contributed by atoms with Gasteiger partial charge in [0.15, 0.2) is 0 Å². The van der Waals surface area contributed by atoms with E-state index in [0.717, 1.165) is 51.9 Å². The second-order valence-electron chi connectivity index (χ2n) is 13.0. The number of hydrogen-bond acceptors (Lipinski definition) is 4. The molecule has 1 rings (SSSR count). The van der Waals surface area contributed by atoms with Gasteiger partial charge in [-0.15, -0.1) is 0 Å². The molecule has 2 N–H and O–H groups in total. The van der Waals surface area contributed by atoms with E-state index >= 15 is 0 Å². The van der Waals surface area contributed by atoms with Crippen LogP contribution in [0.15, 0.2) is 0 Å². The molecule has 0 aromatic rings. The van der Waals surface area contributed by atoms with E-state index in [1.54, 1.807) is 0 Å². The van der Waals surface area contributed by atoms with Gasteiger partial charge in [-0.1, -0.05) is 125 Å². The smallest absolute Gasteiger partial charge is 0.256 e. The molecule has 1 aliphatic carbocycles. The van der Waals surface area contributed by atoms with Gasteiger partial charge in [0.2, 0.25) is 0 Å². The highest BCUT2D eigenvalue weighted by Gasteiger charge is 2.41. The molecule has 0 radical (unpaired) electrons. The second kappa shape index (κ2) is 21.2. The minimum Gasteiger partial charge on any atom is -0.471 e. The zero-order valence-corrected chi connectivity index (χ0v) is 27.4. The summed E-state index contributed by atoms with van der Waals surface area (Å²) in [4.78, 5) is 0. The highest BCUT2D eigenvalue weighted by atomic mass is 32.1. The Morgan fingerprint density at radius 1 is 0.658 bits per heavy atom. The van der Waals surface area contributed by atoms with Gasteiger partial charge in [0.25, 0.3) is 10.3 Å². The van der Waals surface area contributed by atoms with Crippen LogP contribution >= 0.6 is 24.4 Å². The van der Waals surface area contributed by atoms with E-state index in [1.807, 2.05) is 0 Å². The van der Waals surface area contributed by atoms with E-state index in [2.05, 4.69) is 45.3 Å². The number of unbranched alkanes of at least 4 members (excludes halogenated alkanes) is 14. The molecular weight excluding hydrogens is 508 g/mol. The van der Waals surface area contributed by atoms with Gasteiger partial charge in [0, 0.05) is 12.6 Å². The van der Waals surface area contributed by atoms with Crippen LogP contribution in [0.4, 0.5) is 0 Å². The van der Waals surface area contributed by atoms with Gasteiger partial charge in [-0.2, -0.15) is 0 Å². The van der Waals surface area contributed by atoms with Gasteiger partial charge in [0.05, 0.1) is 13.2 Å². The number of thiocarbonyl (C=S) groups is 2. The zero-order chi connectivity index (χ0) is 28.1. The fourth-order valence-corrected chi connectivity index (χ4v) is 6.62. The lowest BCUT2D eigenvalue weighted by Crippen LogP contribution is -2.50. The Morgan fingerprint density at radius 3 is 1.61 bits per heavy atom. The third kappa shape index (κ3) is 18.6. The van der Waals surface area contributed by atoms with Gasteiger partial charge in [0.1, 0.15) is 0 Å². The fraction of sp³-hybridized carbons (Fsp3) is 0.938. The van der Waals surface area contributed by atoms with Crippen LogP contribution < -0.4 is 10.6 Å². The molecule has 1 saturated carbocycles. The number of ether oxygens (including phenoxy) is 2. The van der Waals surface area contributed by atoms with Crippen LogP contribution in [-0.2, 0) is 9.47 Å². The molecular formula is C32H62N2O2S2. The molecule has 0 spiro atoms. The van der Waals surface area contributed by atoms with Crippen molar-refractivity contribution in [2.24, 2.45) is 10.8 Å². The second-order valence-corrected chi connectivity index (χ2v) is 13.7. The molecule has 0 aromatic carbocycles. The van der Waals surface area contributed by atoms with E-state index in [0.29, 0.717) is 16.4 Å². The predicted molar refractivity (Wildman–Crippen MR) is 173 cm³/mol. The highest BCUT2D eigenvalue weighted by Crippen LogP contribution is 2.45. The van der Waals surface area contributed by atoms with Crippen LogP contribution in [-0.4, -0.2) is 36.1 Å². The maximum atomic E-state index is 5.88. The lowest BCUT2D eigenvalue weighted by Gasteiger charge is -2.47. The molecule has 38 heavy (non-hydrogen) atoms. The summed E-state index contributed by atoms with van der Waals surface area (Å²) in [7, 11) is 0. The van der Waals surface area contributed by atoms with Crippen LogP contribution in [0.2, 0.25) is 0 Å². The molecule has 0 bridgehead atoms. The number of rotatable bonds is 21. The van der Waals surface area contributed by atoms with Crippen molar-refractivity contribution in [3.8, 4) is 0 Å². The standard InChI is InChI=1S/C32H62N2O2S2/c1-6-8-10-12-14-16-18-20-22-35-29(37)33-27-32(5)25-28(24-31(3,4)26-32)34-30(38)36-23-21-19-17-15-13-11-9-7-2/h28H,6-27H2,1-5H3,(H,33,37)(H,34,38). The number of nitrogens with one attached hydrogen (secondary N) is 2. The molecule has 0 amide bonds. The zero-order valence-electron chi connectivity index (χ0n) is 25.8. The largest absolute Gasteiger partial charge is 0.471 e. The number of hydrogen-bond donors (Lipinski definition) is 2. The molecule has 1 aliphatic rings. The first-order valence-electron chi connectivity index (χ1n) is 16.0. The van der Waals surface area contributed by atoms with Crippen molar-refractivity contribution in [3.63, 3.8) is 0 Å². The van der Waals surface area contributed by atoms with Crippen molar-refractivity contribution in [1.29, 1.82) is 0 Å². The van der Waals surface area contributed by atoms with Gasteiger partial charge < -0.3 is 20.1 Å². The summed E-state index contributed by atoms with van der Waals surface area (Å²) in [5.41, 5.74) is 0.359. The van der Waals surface area contributed by atoms with Crippen LogP contribution in [0, 0.1) is 10.8 Å². The predicted octanol–water partition coefficient (Wildman–Crippen LogP) is 9.63. The first-order valence-corrected chi connectivity index (χ1v) is 16.9. The van der Waals surface area contributed by atoms with E-state index in [1.165, 1.54) is 89.9 Å². The fourth-order valence-electron chi connectivity index (χ4n) is 6.22.